The second-order valence-electron chi connectivity index (χ2n) is 4.13. The fourth-order valence-electron chi connectivity index (χ4n) is 1.85. The number of aliphatic hydroxyl groups excluding tert-OH is 1. The van der Waals surface area contributed by atoms with E-state index in [4.69, 9.17) is 5.11 Å². The fraction of sp³-hybridized carbons (Fsp3) is 0.200. The van der Waals surface area contributed by atoms with Crippen LogP contribution in [-0.2, 0) is 13.0 Å². The van der Waals surface area contributed by atoms with Gasteiger partial charge in [-0.2, -0.15) is 0 Å². The van der Waals surface area contributed by atoms with Crippen molar-refractivity contribution in [2.24, 2.45) is 0 Å². The summed E-state index contributed by atoms with van der Waals surface area (Å²) in [5.41, 5.74) is 2.62. The van der Waals surface area contributed by atoms with Gasteiger partial charge in [-0.05, 0) is 23.6 Å². The van der Waals surface area contributed by atoms with E-state index in [-0.39, 0.29) is 12.4 Å². The van der Waals surface area contributed by atoms with Crippen molar-refractivity contribution in [3.8, 4) is 5.75 Å². The first kappa shape index (κ1) is 12.5. The number of hydrogen-bond acceptors (Lipinski definition) is 3. The Morgan fingerprint density at radius 2 is 1.72 bits per heavy atom. The molecule has 0 amide bonds. The average Bonchev–Trinajstić information content (AvgIpc) is 2.41. The van der Waals surface area contributed by atoms with Crippen molar-refractivity contribution in [3.63, 3.8) is 0 Å². The van der Waals surface area contributed by atoms with E-state index in [1.165, 1.54) is 0 Å². The van der Waals surface area contributed by atoms with Gasteiger partial charge < -0.3 is 15.5 Å². The number of rotatable bonds is 5. The summed E-state index contributed by atoms with van der Waals surface area (Å²) < 4.78 is 0. The molecular weight excluding hydrogens is 226 g/mol. The topological polar surface area (TPSA) is 52.5 Å². The first-order chi connectivity index (χ1) is 8.81. The van der Waals surface area contributed by atoms with Crippen LogP contribution < -0.4 is 5.32 Å². The van der Waals surface area contributed by atoms with E-state index in [1.54, 1.807) is 0 Å². The van der Waals surface area contributed by atoms with E-state index in [0.29, 0.717) is 18.7 Å². The predicted octanol–water partition coefficient (Wildman–Crippen LogP) is 2.54. The zero-order valence-corrected chi connectivity index (χ0v) is 10.1. The first-order valence-electron chi connectivity index (χ1n) is 6.01. The maximum absolute atomic E-state index is 10.0. The molecule has 3 nitrogen and oxygen atoms in total. The van der Waals surface area contributed by atoms with Gasteiger partial charge >= 0.3 is 0 Å². The van der Waals surface area contributed by atoms with Gasteiger partial charge in [-0.25, -0.2) is 0 Å². The molecule has 0 aliphatic carbocycles. The Kier molecular flexibility index (Phi) is 4.20. The SMILES string of the molecule is OCCc1cccc(NCc2ccccc2)c1O. The standard InChI is InChI=1S/C15H17NO2/c17-10-9-13-7-4-8-14(15(13)18)16-11-12-5-2-1-3-6-12/h1-8,16-18H,9-11H2. The van der Waals surface area contributed by atoms with Gasteiger partial charge in [0.2, 0.25) is 0 Å². The Morgan fingerprint density at radius 1 is 0.944 bits per heavy atom. The van der Waals surface area contributed by atoms with E-state index in [2.05, 4.69) is 5.32 Å². The summed E-state index contributed by atoms with van der Waals surface area (Å²) in [7, 11) is 0. The molecule has 0 unspecified atom stereocenters. The second kappa shape index (κ2) is 6.07. The molecule has 0 heterocycles. The number of para-hydroxylation sites is 1. The van der Waals surface area contributed by atoms with Crippen molar-refractivity contribution in [1.29, 1.82) is 0 Å². The molecule has 2 aromatic carbocycles. The molecule has 0 saturated heterocycles. The van der Waals surface area contributed by atoms with Crippen LogP contribution in [0.4, 0.5) is 5.69 Å². The van der Waals surface area contributed by atoms with Crippen LogP contribution in [0.3, 0.4) is 0 Å². The van der Waals surface area contributed by atoms with Crippen molar-refractivity contribution in [1.82, 2.24) is 0 Å². The Labute approximate surface area is 107 Å². The van der Waals surface area contributed by atoms with Crippen molar-refractivity contribution >= 4 is 5.69 Å². The molecule has 0 aliphatic rings. The van der Waals surface area contributed by atoms with E-state index < -0.39 is 0 Å². The number of phenolic OH excluding ortho intramolecular Hbond substituents is 1. The zero-order chi connectivity index (χ0) is 12.8. The summed E-state index contributed by atoms with van der Waals surface area (Å²) in [6.45, 7) is 0.701. The molecule has 94 valence electrons. The Bertz CT molecular complexity index is 497. The largest absolute Gasteiger partial charge is 0.505 e. The fourth-order valence-corrected chi connectivity index (χ4v) is 1.85. The quantitative estimate of drug-likeness (QED) is 0.707. The van der Waals surface area contributed by atoms with Crippen LogP contribution in [0.2, 0.25) is 0 Å². The highest BCUT2D eigenvalue weighted by atomic mass is 16.3. The monoisotopic (exact) mass is 243 g/mol. The maximum Gasteiger partial charge on any atom is 0.141 e. The van der Waals surface area contributed by atoms with Crippen molar-refractivity contribution in [2.75, 3.05) is 11.9 Å². The smallest absolute Gasteiger partial charge is 0.141 e. The van der Waals surface area contributed by atoms with E-state index in [1.807, 2.05) is 48.5 Å². The lowest BCUT2D eigenvalue weighted by Gasteiger charge is -2.11. The summed E-state index contributed by atoms with van der Waals surface area (Å²) in [6, 6.07) is 15.5. The van der Waals surface area contributed by atoms with Crippen LogP contribution in [0.5, 0.6) is 5.75 Å². The minimum absolute atomic E-state index is 0.0374. The summed E-state index contributed by atoms with van der Waals surface area (Å²) in [5.74, 6) is 0.225. The molecule has 0 spiro atoms. The van der Waals surface area contributed by atoms with Crippen LogP contribution in [-0.4, -0.2) is 16.8 Å². The number of hydrogen-bond donors (Lipinski definition) is 3. The molecule has 3 heteroatoms. The van der Waals surface area contributed by atoms with E-state index in [0.717, 1.165) is 11.1 Å². The second-order valence-corrected chi connectivity index (χ2v) is 4.13. The Hall–Kier alpha value is -2.00. The van der Waals surface area contributed by atoms with Gasteiger partial charge in [-0.1, -0.05) is 42.5 Å². The summed E-state index contributed by atoms with van der Waals surface area (Å²) in [6.07, 6.45) is 0.465. The molecule has 18 heavy (non-hydrogen) atoms. The molecule has 0 bridgehead atoms. The lowest BCUT2D eigenvalue weighted by molar-refractivity contribution is 0.297. The first-order valence-corrected chi connectivity index (χ1v) is 6.01. The minimum Gasteiger partial charge on any atom is -0.505 e. The number of aromatic hydroxyl groups is 1. The van der Waals surface area contributed by atoms with Crippen LogP contribution in [0.25, 0.3) is 0 Å². The third-order valence-electron chi connectivity index (χ3n) is 2.83. The van der Waals surface area contributed by atoms with Crippen LogP contribution in [0.15, 0.2) is 48.5 Å². The number of phenols is 1. The van der Waals surface area contributed by atoms with Gasteiger partial charge in [0.15, 0.2) is 0 Å². The van der Waals surface area contributed by atoms with E-state index >= 15 is 0 Å². The van der Waals surface area contributed by atoms with Gasteiger partial charge in [0.05, 0.1) is 5.69 Å². The Morgan fingerprint density at radius 3 is 2.44 bits per heavy atom. The normalized spacial score (nSPS) is 10.3. The number of anilines is 1. The molecule has 0 aromatic heterocycles. The van der Waals surface area contributed by atoms with Gasteiger partial charge in [0, 0.05) is 13.2 Å². The lowest BCUT2D eigenvalue weighted by Crippen LogP contribution is -2.01. The van der Waals surface area contributed by atoms with Gasteiger partial charge in [0.25, 0.3) is 0 Å². The third kappa shape index (κ3) is 3.02. The number of aliphatic hydroxyl groups is 1. The maximum atomic E-state index is 10.0. The molecule has 3 N–H and O–H groups in total. The van der Waals surface area contributed by atoms with Crippen LogP contribution >= 0.6 is 0 Å². The molecule has 2 rings (SSSR count). The van der Waals surface area contributed by atoms with Gasteiger partial charge in [-0.15, -0.1) is 0 Å². The van der Waals surface area contributed by atoms with Gasteiger partial charge in [0.1, 0.15) is 5.75 Å². The lowest BCUT2D eigenvalue weighted by atomic mass is 10.1. The molecule has 2 aromatic rings. The highest BCUT2D eigenvalue weighted by Gasteiger charge is 2.05. The summed E-state index contributed by atoms with van der Waals surface area (Å²) in [4.78, 5) is 0. The third-order valence-corrected chi connectivity index (χ3v) is 2.83. The summed E-state index contributed by atoms with van der Waals surface area (Å²) in [5, 5.41) is 22.1. The molecule has 0 radical (unpaired) electrons. The van der Waals surface area contributed by atoms with Crippen LogP contribution in [0, 0.1) is 0 Å². The number of nitrogens with one attached hydrogen (secondary N) is 1. The zero-order valence-electron chi connectivity index (χ0n) is 10.1. The highest BCUT2D eigenvalue weighted by molar-refractivity contribution is 5.59. The van der Waals surface area contributed by atoms with Crippen molar-refractivity contribution in [2.45, 2.75) is 13.0 Å². The average molecular weight is 243 g/mol. The Balaban J connectivity index is 2.08. The molecular formula is C15H17NO2. The van der Waals surface area contributed by atoms with Crippen molar-refractivity contribution in [3.05, 3.63) is 59.7 Å². The van der Waals surface area contributed by atoms with Crippen molar-refractivity contribution < 1.29 is 10.2 Å². The van der Waals surface area contributed by atoms with E-state index in [9.17, 15) is 5.11 Å². The number of benzene rings is 2. The molecule has 0 fully saturated rings. The minimum atomic E-state index is 0.0374. The summed E-state index contributed by atoms with van der Waals surface area (Å²) >= 11 is 0. The predicted molar refractivity (Wildman–Crippen MR) is 72.7 cm³/mol. The van der Waals surface area contributed by atoms with Gasteiger partial charge in [-0.3, -0.25) is 0 Å². The molecule has 0 saturated carbocycles. The highest BCUT2D eigenvalue weighted by Crippen LogP contribution is 2.28. The van der Waals surface area contributed by atoms with Crippen LogP contribution in [0.1, 0.15) is 11.1 Å². The molecule has 0 atom stereocenters. The molecule has 0 aliphatic heterocycles.